The van der Waals surface area contributed by atoms with Crippen molar-refractivity contribution >= 4 is 17.0 Å². The molecule has 2 aromatic rings. The van der Waals surface area contributed by atoms with Crippen LogP contribution in [0.1, 0.15) is 29.0 Å². The van der Waals surface area contributed by atoms with E-state index in [0.29, 0.717) is 6.04 Å². The lowest BCUT2D eigenvalue weighted by Crippen LogP contribution is -2.06. The summed E-state index contributed by atoms with van der Waals surface area (Å²) in [5.41, 5.74) is 5.72. The van der Waals surface area contributed by atoms with E-state index in [1.54, 1.807) is 11.3 Å². The monoisotopic (exact) mass is 232 g/mol. The molecular formula is C13H16N2S. The van der Waals surface area contributed by atoms with E-state index in [0.717, 1.165) is 0 Å². The van der Waals surface area contributed by atoms with Gasteiger partial charge in [0.05, 0.1) is 11.6 Å². The van der Waals surface area contributed by atoms with Gasteiger partial charge >= 0.3 is 0 Å². The molecule has 1 heterocycles. The molecule has 1 N–H and O–H groups in total. The van der Waals surface area contributed by atoms with E-state index >= 15 is 0 Å². The molecule has 0 aliphatic heterocycles. The van der Waals surface area contributed by atoms with Gasteiger partial charge in [0, 0.05) is 16.8 Å². The molecule has 0 aliphatic rings. The predicted molar refractivity (Wildman–Crippen MR) is 70.1 cm³/mol. The van der Waals surface area contributed by atoms with Crippen molar-refractivity contribution in [2.45, 2.75) is 26.8 Å². The molecule has 0 amide bonds. The third-order valence-corrected chi connectivity index (χ3v) is 3.81. The predicted octanol–water partition coefficient (Wildman–Crippen LogP) is 3.93. The van der Waals surface area contributed by atoms with E-state index in [9.17, 15) is 0 Å². The molecule has 0 saturated heterocycles. The summed E-state index contributed by atoms with van der Waals surface area (Å²) < 4.78 is 0. The Hall–Kier alpha value is -1.35. The van der Waals surface area contributed by atoms with Gasteiger partial charge < -0.3 is 5.32 Å². The Morgan fingerprint density at radius 3 is 2.81 bits per heavy atom. The van der Waals surface area contributed by atoms with Crippen LogP contribution in [0.4, 0.5) is 5.69 Å². The molecule has 2 nitrogen and oxygen atoms in total. The molecule has 1 aromatic carbocycles. The first-order valence-electron chi connectivity index (χ1n) is 5.39. The van der Waals surface area contributed by atoms with Gasteiger partial charge in [0.25, 0.3) is 0 Å². The number of nitrogens with zero attached hydrogens (tertiary/aromatic N) is 1. The van der Waals surface area contributed by atoms with Crippen LogP contribution in [0.3, 0.4) is 0 Å². The van der Waals surface area contributed by atoms with E-state index in [4.69, 9.17) is 0 Å². The summed E-state index contributed by atoms with van der Waals surface area (Å²) in [6, 6.07) is 6.66. The zero-order valence-corrected chi connectivity index (χ0v) is 10.6. The zero-order valence-electron chi connectivity index (χ0n) is 9.82. The number of aryl methyl sites for hydroxylation is 1. The number of hydrogen-bond donors (Lipinski definition) is 1. The van der Waals surface area contributed by atoms with Crippen molar-refractivity contribution in [2.24, 2.45) is 0 Å². The summed E-state index contributed by atoms with van der Waals surface area (Å²) in [6.45, 7) is 6.45. The Morgan fingerprint density at radius 1 is 1.31 bits per heavy atom. The third-order valence-electron chi connectivity index (χ3n) is 2.85. The van der Waals surface area contributed by atoms with Crippen molar-refractivity contribution in [1.82, 2.24) is 4.98 Å². The fourth-order valence-corrected chi connectivity index (χ4v) is 2.28. The molecule has 1 unspecified atom stereocenters. The van der Waals surface area contributed by atoms with Gasteiger partial charge in [-0.05, 0) is 38.0 Å². The Balaban J connectivity index is 2.18. The van der Waals surface area contributed by atoms with Crippen molar-refractivity contribution in [2.75, 3.05) is 5.32 Å². The molecule has 84 valence electrons. The van der Waals surface area contributed by atoms with E-state index in [2.05, 4.69) is 49.3 Å². The molecule has 0 radical (unpaired) electrons. The quantitative estimate of drug-likeness (QED) is 0.867. The minimum Gasteiger partial charge on any atom is -0.377 e. The van der Waals surface area contributed by atoms with Gasteiger partial charge in [0.1, 0.15) is 0 Å². The molecule has 0 spiro atoms. The van der Waals surface area contributed by atoms with Gasteiger partial charge in [-0.25, -0.2) is 0 Å². The highest BCUT2D eigenvalue weighted by atomic mass is 32.1. The average molecular weight is 232 g/mol. The minimum atomic E-state index is 0.313. The van der Waals surface area contributed by atoms with Crippen molar-refractivity contribution in [3.63, 3.8) is 0 Å². The molecular weight excluding hydrogens is 216 g/mol. The van der Waals surface area contributed by atoms with E-state index in [1.165, 1.54) is 21.7 Å². The van der Waals surface area contributed by atoms with Crippen LogP contribution in [0.5, 0.6) is 0 Å². The highest BCUT2D eigenvalue weighted by Crippen LogP contribution is 2.25. The SMILES string of the molecule is Cc1cccc(NC(C)c2cncs2)c1C. The second-order valence-electron chi connectivity index (χ2n) is 4.02. The van der Waals surface area contributed by atoms with Crippen LogP contribution in [-0.4, -0.2) is 4.98 Å². The maximum atomic E-state index is 4.10. The number of nitrogens with one attached hydrogen (secondary N) is 1. The average Bonchev–Trinajstić information content (AvgIpc) is 2.78. The van der Waals surface area contributed by atoms with Crippen LogP contribution in [0.15, 0.2) is 29.9 Å². The van der Waals surface area contributed by atoms with Gasteiger partial charge in [-0.3, -0.25) is 4.98 Å². The van der Waals surface area contributed by atoms with Crippen LogP contribution in [0.25, 0.3) is 0 Å². The Bertz CT molecular complexity index is 463. The van der Waals surface area contributed by atoms with Crippen LogP contribution in [0.2, 0.25) is 0 Å². The van der Waals surface area contributed by atoms with E-state index in [-0.39, 0.29) is 0 Å². The number of aromatic nitrogens is 1. The van der Waals surface area contributed by atoms with E-state index in [1.807, 2.05) is 11.7 Å². The highest BCUT2D eigenvalue weighted by Gasteiger charge is 2.08. The number of anilines is 1. The summed E-state index contributed by atoms with van der Waals surface area (Å²) in [5.74, 6) is 0. The van der Waals surface area contributed by atoms with Crippen molar-refractivity contribution in [3.05, 3.63) is 45.9 Å². The third kappa shape index (κ3) is 2.25. The summed E-state index contributed by atoms with van der Waals surface area (Å²) >= 11 is 1.69. The lowest BCUT2D eigenvalue weighted by Gasteiger charge is -2.16. The molecule has 0 saturated carbocycles. The minimum absolute atomic E-state index is 0.313. The van der Waals surface area contributed by atoms with Crippen LogP contribution < -0.4 is 5.32 Å². The van der Waals surface area contributed by atoms with Crippen LogP contribution in [-0.2, 0) is 0 Å². The van der Waals surface area contributed by atoms with Gasteiger partial charge in [-0.1, -0.05) is 12.1 Å². The number of hydrogen-bond acceptors (Lipinski definition) is 3. The standard InChI is InChI=1S/C13H16N2S/c1-9-5-4-6-12(10(9)2)15-11(3)13-7-14-8-16-13/h4-8,11,15H,1-3H3. The number of thiazole rings is 1. The number of benzene rings is 1. The topological polar surface area (TPSA) is 24.9 Å². The molecule has 16 heavy (non-hydrogen) atoms. The van der Waals surface area contributed by atoms with Crippen LogP contribution in [0, 0.1) is 13.8 Å². The molecule has 3 heteroatoms. The van der Waals surface area contributed by atoms with Crippen molar-refractivity contribution in [3.8, 4) is 0 Å². The Morgan fingerprint density at radius 2 is 2.12 bits per heavy atom. The lowest BCUT2D eigenvalue weighted by atomic mass is 10.1. The summed E-state index contributed by atoms with van der Waals surface area (Å²) in [4.78, 5) is 5.37. The van der Waals surface area contributed by atoms with Crippen LogP contribution >= 0.6 is 11.3 Å². The normalized spacial score (nSPS) is 12.4. The molecule has 2 rings (SSSR count). The lowest BCUT2D eigenvalue weighted by molar-refractivity contribution is 0.900. The summed E-state index contributed by atoms with van der Waals surface area (Å²) in [6.07, 6.45) is 1.92. The molecule has 1 atom stereocenters. The van der Waals surface area contributed by atoms with Gasteiger partial charge in [0.2, 0.25) is 0 Å². The summed E-state index contributed by atoms with van der Waals surface area (Å²) in [7, 11) is 0. The van der Waals surface area contributed by atoms with Gasteiger partial charge in [0.15, 0.2) is 0 Å². The second-order valence-corrected chi connectivity index (χ2v) is 4.94. The van der Waals surface area contributed by atoms with E-state index < -0.39 is 0 Å². The van der Waals surface area contributed by atoms with Crippen molar-refractivity contribution in [1.29, 1.82) is 0 Å². The first-order valence-corrected chi connectivity index (χ1v) is 6.27. The Kier molecular flexibility index (Phi) is 3.25. The fraction of sp³-hybridized carbons (Fsp3) is 0.308. The summed E-state index contributed by atoms with van der Waals surface area (Å²) in [5, 5.41) is 3.52. The van der Waals surface area contributed by atoms with Crippen molar-refractivity contribution < 1.29 is 0 Å². The smallest absolute Gasteiger partial charge is 0.0795 e. The second kappa shape index (κ2) is 4.66. The first-order chi connectivity index (χ1) is 7.68. The molecule has 0 fully saturated rings. The zero-order chi connectivity index (χ0) is 11.5. The molecule has 0 bridgehead atoms. The largest absolute Gasteiger partial charge is 0.377 e. The maximum absolute atomic E-state index is 4.10. The highest BCUT2D eigenvalue weighted by molar-refractivity contribution is 7.09. The molecule has 1 aromatic heterocycles. The number of rotatable bonds is 3. The van der Waals surface area contributed by atoms with Gasteiger partial charge in [-0.15, -0.1) is 11.3 Å². The first kappa shape index (κ1) is 11.1. The Labute approximate surface area is 100 Å². The fourth-order valence-electron chi connectivity index (χ4n) is 1.65. The van der Waals surface area contributed by atoms with Gasteiger partial charge in [-0.2, -0.15) is 0 Å². The molecule has 0 aliphatic carbocycles. The maximum Gasteiger partial charge on any atom is 0.0795 e.